The summed E-state index contributed by atoms with van der Waals surface area (Å²) < 4.78 is 18.7. The zero-order chi connectivity index (χ0) is 12.8. The number of aldehydes is 1. The third-order valence-corrected chi connectivity index (χ3v) is 2.31. The molecule has 0 unspecified atom stereocenters. The van der Waals surface area contributed by atoms with Gasteiger partial charge in [-0.1, -0.05) is 12.7 Å². The minimum Gasteiger partial charge on any atom is -0.383 e. The summed E-state index contributed by atoms with van der Waals surface area (Å²) in [7, 11) is 1.57. The van der Waals surface area contributed by atoms with Gasteiger partial charge in [0.15, 0.2) is 6.29 Å². The van der Waals surface area contributed by atoms with Crippen molar-refractivity contribution in [3.63, 3.8) is 0 Å². The molecule has 0 radical (unpaired) electrons. The lowest BCUT2D eigenvalue weighted by atomic mass is 10.1. The van der Waals surface area contributed by atoms with E-state index in [1.165, 1.54) is 12.1 Å². The molecule has 1 N–H and O–H groups in total. The molecule has 92 valence electrons. The SMILES string of the molecule is C=Cc1cc(F)c(N[C@@H](C)COC)c(C=O)c1. The van der Waals surface area contributed by atoms with Crippen molar-refractivity contribution < 1.29 is 13.9 Å². The Morgan fingerprint density at radius 3 is 2.82 bits per heavy atom. The van der Waals surface area contributed by atoms with Crippen LogP contribution in [0.15, 0.2) is 18.7 Å². The van der Waals surface area contributed by atoms with Gasteiger partial charge in [-0.25, -0.2) is 4.39 Å². The van der Waals surface area contributed by atoms with Crippen molar-refractivity contribution in [3.8, 4) is 0 Å². The normalized spacial score (nSPS) is 11.9. The molecule has 0 fully saturated rings. The molecule has 0 saturated heterocycles. The molecule has 0 saturated carbocycles. The van der Waals surface area contributed by atoms with E-state index < -0.39 is 5.82 Å². The second kappa shape index (κ2) is 6.15. The number of anilines is 1. The Morgan fingerprint density at radius 1 is 1.59 bits per heavy atom. The van der Waals surface area contributed by atoms with Crippen molar-refractivity contribution in [2.24, 2.45) is 0 Å². The Bertz CT molecular complexity index is 418. The van der Waals surface area contributed by atoms with E-state index >= 15 is 0 Å². The van der Waals surface area contributed by atoms with Crippen molar-refractivity contribution in [2.75, 3.05) is 19.0 Å². The molecule has 0 aliphatic heterocycles. The van der Waals surface area contributed by atoms with E-state index in [9.17, 15) is 9.18 Å². The first-order chi connectivity index (χ1) is 8.12. The molecule has 1 aromatic carbocycles. The first-order valence-electron chi connectivity index (χ1n) is 5.29. The zero-order valence-electron chi connectivity index (χ0n) is 10.00. The number of carbonyl (C=O) groups is 1. The fraction of sp³-hybridized carbons (Fsp3) is 0.308. The Hall–Kier alpha value is -1.68. The Morgan fingerprint density at radius 2 is 2.29 bits per heavy atom. The predicted octanol–water partition coefficient (Wildman–Crippen LogP) is 2.73. The number of rotatable bonds is 6. The summed E-state index contributed by atoms with van der Waals surface area (Å²) >= 11 is 0. The van der Waals surface area contributed by atoms with Crippen LogP contribution in [0.25, 0.3) is 6.08 Å². The third kappa shape index (κ3) is 3.39. The average Bonchev–Trinajstić information content (AvgIpc) is 2.31. The lowest BCUT2D eigenvalue weighted by molar-refractivity contribution is 0.112. The van der Waals surface area contributed by atoms with E-state index in [1.807, 2.05) is 6.92 Å². The third-order valence-electron chi connectivity index (χ3n) is 2.31. The van der Waals surface area contributed by atoms with E-state index in [1.54, 1.807) is 13.2 Å². The molecule has 0 heterocycles. The molecule has 0 bridgehead atoms. The van der Waals surface area contributed by atoms with Crippen LogP contribution < -0.4 is 5.32 Å². The number of hydrogen-bond donors (Lipinski definition) is 1. The molecule has 0 amide bonds. The van der Waals surface area contributed by atoms with E-state index in [2.05, 4.69) is 11.9 Å². The second-order valence-corrected chi connectivity index (χ2v) is 3.79. The van der Waals surface area contributed by atoms with Gasteiger partial charge in [0.25, 0.3) is 0 Å². The lowest BCUT2D eigenvalue weighted by Crippen LogP contribution is -2.22. The van der Waals surface area contributed by atoms with E-state index in [0.29, 0.717) is 18.5 Å². The van der Waals surface area contributed by atoms with E-state index in [4.69, 9.17) is 4.74 Å². The van der Waals surface area contributed by atoms with Crippen molar-refractivity contribution in [1.82, 2.24) is 0 Å². The molecule has 0 aliphatic carbocycles. The minimum absolute atomic E-state index is 0.0808. The molecule has 1 atom stereocenters. The van der Waals surface area contributed by atoms with Gasteiger partial charge in [0.1, 0.15) is 5.82 Å². The Kier molecular flexibility index (Phi) is 4.84. The number of ether oxygens (including phenoxy) is 1. The maximum absolute atomic E-state index is 13.8. The van der Waals surface area contributed by atoms with Crippen molar-refractivity contribution in [1.29, 1.82) is 0 Å². The number of nitrogens with one attached hydrogen (secondary N) is 1. The largest absolute Gasteiger partial charge is 0.383 e. The van der Waals surface area contributed by atoms with E-state index in [-0.39, 0.29) is 17.3 Å². The van der Waals surface area contributed by atoms with Crippen LogP contribution in [0, 0.1) is 5.82 Å². The van der Waals surface area contributed by atoms with Crippen LogP contribution in [0.5, 0.6) is 0 Å². The highest BCUT2D eigenvalue weighted by Crippen LogP contribution is 2.22. The summed E-state index contributed by atoms with van der Waals surface area (Å²) in [6.07, 6.45) is 2.12. The van der Waals surface area contributed by atoms with Gasteiger partial charge < -0.3 is 10.1 Å². The number of benzene rings is 1. The standard InChI is InChI=1S/C13H16FNO2/c1-4-10-5-11(7-16)13(12(14)6-10)15-9(2)8-17-3/h4-7,9,15H,1,8H2,2-3H3/t9-/m0/s1. The van der Waals surface area contributed by atoms with Crippen LogP contribution in [-0.2, 0) is 4.74 Å². The highest BCUT2D eigenvalue weighted by atomic mass is 19.1. The van der Waals surface area contributed by atoms with Crippen LogP contribution >= 0.6 is 0 Å². The van der Waals surface area contributed by atoms with Crippen molar-refractivity contribution in [2.45, 2.75) is 13.0 Å². The molecule has 1 aromatic rings. The van der Waals surface area contributed by atoms with Crippen molar-refractivity contribution in [3.05, 3.63) is 35.7 Å². The molecule has 17 heavy (non-hydrogen) atoms. The quantitative estimate of drug-likeness (QED) is 0.773. The van der Waals surface area contributed by atoms with Crippen LogP contribution in [0.4, 0.5) is 10.1 Å². The van der Waals surface area contributed by atoms with Crippen molar-refractivity contribution >= 4 is 18.0 Å². The molecule has 1 rings (SSSR count). The molecular weight excluding hydrogens is 221 g/mol. The molecular formula is C13H16FNO2. The first-order valence-corrected chi connectivity index (χ1v) is 5.29. The van der Waals surface area contributed by atoms with Crippen LogP contribution in [0.1, 0.15) is 22.8 Å². The second-order valence-electron chi connectivity index (χ2n) is 3.79. The van der Waals surface area contributed by atoms with Crippen LogP contribution in [0.2, 0.25) is 0 Å². The monoisotopic (exact) mass is 237 g/mol. The number of hydrogen-bond acceptors (Lipinski definition) is 3. The van der Waals surface area contributed by atoms with Gasteiger partial charge in [-0.2, -0.15) is 0 Å². The number of halogens is 1. The summed E-state index contributed by atoms with van der Waals surface area (Å²) in [5.74, 6) is -0.465. The van der Waals surface area contributed by atoms with Crippen LogP contribution in [0.3, 0.4) is 0 Å². The summed E-state index contributed by atoms with van der Waals surface area (Å²) in [4.78, 5) is 10.9. The first kappa shape index (κ1) is 13.4. The van der Waals surface area contributed by atoms with E-state index in [0.717, 1.165) is 0 Å². The number of methoxy groups -OCH3 is 1. The summed E-state index contributed by atoms with van der Waals surface area (Å²) in [6.45, 7) is 5.82. The Labute approximate surface area is 100 Å². The molecule has 0 aromatic heterocycles. The van der Waals surface area contributed by atoms with Gasteiger partial charge in [-0.15, -0.1) is 0 Å². The van der Waals surface area contributed by atoms with Gasteiger partial charge in [0.2, 0.25) is 0 Å². The summed E-state index contributed by atoms with van der Waals surface area (Å²) in [5.41, 5.74) is 1.06. The van der Waals surface area contributed by atoms with Gasteiger partial charge in [0.05, 0.1) is 12.3 Å². The zero-order valence-corrected chi connectivity index (χ0v) is 10.00. The van der Waals surface area contributed by atoms with Gasteiger partial charge in [0, 0.05) is 18.7 Å². The highest BCUT2D eigenvalue weighted by Gasteiger charge is 2.12. The van der Waals surface area contributed by atoms with Gasteiger partial charge >= 0.3 is 0 Å². The molecule has 0 aliphatic rings. The topological polar surface area (TPSA) is 38.3 Å². The maximum Gasteiger partial charge on any atom is 0.152 e. The highest BCUT2D eigenvalue weighted by molar-refractivity contribution is 5.85. The Balaban J connectivity index is 3.05. The molecule has 0 spiro atoms. The lowest BCUT2D eigenvalue weighted by Gasteiger charge is -2.16. The van der Waals surface area contributed by atoms with Crippen LogP contribution in [-0.4, -0.2) is 26.0 Å². The fourth-order valence-electron chi connectivity index (χ4n) is 1.55. The van der Waals surface area contributed by atoms with Gasteiger partial charge in [-0.05, 0) is 24.6 Å². The smallest absolute Gasteiger partial charge is 0.152 e. The summed E-state index contributed by atoms with van der Waals surface area (Å²) in [5, 5.41) is 2.92. The molecule has 4 heteroatoms. The molecule has 3 nitrogen and oxygen atoms in total. The minimum atomic E-state index is -0.465. The summed E-state index contributed by atoms with van der Waals surface area (Å²) in [6, 6.07) is 2.84. The maximum atomic E-state index is 13.8. The van der Waals surface area contributed by atoms with Gasteiger partial charge in [-0.3, -0.25) is 4.79 Å². The fourth-order valence-corrected chi connectivity index (χ4v) is 1.55. The predicted molar refractivity (Wildman–Crippen MR) is 66.8 cm³/mol. The number of carbonyl (C=O) groups excluding carboxylic acids is 1. The average molecular weight is 237 g/mol.